The second-order valence-corrected chi connectivity index (χ2v) is 4.92. The van der Waals surface area contributed by atoms with Gasteiger partial charge in [-0.15, -0.1) is 0 Å². The molecule has 1 aliphatic heterocycles. The van der Waals surface area contributed by atoms with E-state index in [1.54, 1.807) is 12.1 Å². The van der Waals surface area contributed by atoms with Crippen LogP contribution in [0.25, 0.3) is 0 Å². The highest BCUT2D eigenvalue weighted by molar-refractivity contribution is 6.31. The standard InChI is InChI=1S/C15H13ClFN3/c16-14-4-2-1-3-11(14)9-15-19-18-10-20(15)13-7-5-12(17)6-8-13/h1-8,18H,9-10H2. The first-order chi connectivity index (χ1) is 9.74. The van der Waals surface area contributed by atoms with Crippen molar-refractivity contribution in [1.29, 1.82) is 0 Å². The van der Waals surface area contributed by atoms with Crippen LogP contribution in [0.1, 0.15) is 5.56 Å². The molecule has 0 saturated carbocycles. The summed E-state index contributed by atoms with van der Waals surface area (Å²) in [6, 6.07) is 14.1. The van der Waals surface area contributed by atoms with Crippen LogP contribution in [0.2, 0.25) is 5.02 Å². The van der Waals surface area contributed by atoms with Gasteiger partial charge in [-0.3, -0.25) is 5.43 Å². The highest BCUT2D eigenvalue weighted by Gasteiger charge is 2.19. The van der Waals surface area contributed by atoms with Gasteiger partial charge in [-0.2, -0.15) is 5.10 Å². The Kier molecular flexibility index (Phi) is 3.56. The first-order valence-electron chi connectivity index (χ1n) is 6.30. The summed E-state index contributed by atoms with van der Waals surface area (Å²) in [4.78, 5) is 2.00. The van der Waals surface area contributed by atoms with Crippen molar-refractivity contribution in [2.24, 2.45) is 5.10 Å². The van der Waals surface area contributed by atoms with Crippen molar-refractivity contribution in [1.82, 2.24) is 5.43 Å². The number of hydrogen-bond donors (Lipinski definition) is 1. The molecule has 1 heterocycles. The van der Waals surface area contributed by atoms with Crippen LogP contribution < -0.4 is 10.3 Å². The molecule has 1 N–H and O–H groups in total. The summed E-state index contributed by atoms with van der Waals surface area (Å²) in [5.41, 5.74) is 4.87. The largest absolute Gasteiger partial charge is 0.309 e. The number of halogens is 2. The van der Waals surface area contributed by atoms with Crippen LogP contribution in [0.4, 0.5) is 10.1 Å². The normalized spacial score (nSPS) is 14.1. The number of nitrogens with zero attached hydrogens (tertiary/aromatic N) is 2. The van der Waals surface area contributed by atoms with Gasteiger partial charge in [0.05, 0.1) is 0 Å². The Bertz CT molecular complexity index is 640. The van der Waals surface area contributed by atoms with Crippen molar-refractivity contribution in [2.45, 2.75) is 6.42 Å². The maximum Gasteiger partial charge on any atom is 0.135 e. The Morgan fingerprint density at radius 3 is 2.65 bits per heavy atom. The summed E-state index contributed by atoms with van der Waals surface area (Å²) in [6.45, 7) is 0.575. The lowest BCUT2D eigenvalue weighted by Crippen LogP contribution is -2.30. The number of amidine groups is 1. The molecule has 0 atom stereocenters. The van der Waals surface area contributed by atoms with Crippen molar-refractivity contribution >= 4 is 23.1 Å². The Morgan fingerprint density at radius 2 is 1.90 bits per heavy atom. The quantitative estimate of drug-likeness (QED) is 0.938. The SMILES string of the molecule is Fc1ccc(N2CNN=C2Cc2ccccc2Cl)cc1. The minimum atomic E-state index is -0.245. The molecule has 1 aliphatic rings. The summed E-state index contributed by atoms with van der Waals surface area (Å²) in [5, 5.41) is 5.02. The Labute approximate surface area is 121 Å². The van der Waals surface area contributed by atoms with Crippen LogP contribution in [0.15, 0.2) is 53.6 Å². The summed E-state index contributed by atoms with van der Waals surface area (Å²) in [5.74, 6) is 0.621. The molecule has 0 aliphatic carbocycles. The number of benzene rings is 2. The fourth-order valence-electron chi connectivity index (χ4n) is 2.16. The van der Waals surface area contributed by atoms with E-state index in [0.29, 0.717) is 13.1 Å². The molecular formula is C15H13ClFN3. The monoisotopic (exact) mass is 289 g/mol. The van der Waals surface area contributed by atoms with E-state index in [1.165, 1.54) is 12.1 Å². The minimum absolute atomic E-state index is 0.245. The first kappa shape index (κ1) is 12.9. The lowest BCUT2D eigenvalue weighted by Gasteiger charge is -2.19. The molecule has 20 heavy (non-hydrogen) atoms. The molecule has 0 bridgehead atoms. The number of anilines is 1. The molecule has 3 rings (SSSR count). The van der Waals surface area contributed by atoms with Crippen LogP contribution in [-0.2, 0) is 6.42 Å². The van der Waals surface area contributed by atoms with E-state index < -0.39 is 0 Å². The van der Waals surface area contributed by atoms with Crippen LogP contribution in [-0.4, -0.2) is 12.5 Å². The number of nitrogens with one attached hydrogen (secondary N) is 1. The van der Waals surface area contributed by atoms with Gasteiger partial charge in [0, 0.05) is 17.1 Å². The summed E-state index contributed by atoms with van der Waals surface area (Å²) in [7, 11) is 0. The van der Waals surface area contributed by atoms with Crippen LogP contribution in [0.5, 0.6) is 0 Å². The Hall–Kier alpha value is -2.07. The zero-order chi connectivity index (χ0) is 13.9. The second kappa shape index (κ2) is 5.51. The van der Waals surface area contributed by atoms with Crippen LogP contribution >= 0.6 is 11.6 Å². The fraction of sp³-hybridized carbons (Fsp3) is 0.133. The van der Waals surface area contributed by atoms with Crippen molar-refractivity contribution < 1.29 is 4.39 Å². The lowest BCUT2D eigenvalue weighted by molar-refractivity contribution is 0.627. The van der Waals surface area contributed by atoms with Crippen LogP contribution in [0.3, 0.4) is 0 Å². The highest BCUT2D eigenvalue weighted by atomic mass is 35.5. The predicted octanol–water partition coefficient (Wildman–Crippen LogP) is 3.40. The summed E-state index contributed by atoms with van der Waals surface area (Å²) in [6.07, 6.45) is 0.629. The van der Waals surface area contributed by atoms with Gasteiger partial charge in [0.1, 0.15) is 18.3 Å². The van der Waals surface area contributed by atoms with E-state index in [4.69, 9.17) is 11.6 Å². The van der Waals surface area contributed by atoms with E-state index in [0.717, 1.165) is 22.1 Å². The molecule has 0 fully saturated rings. The van der Waals surface area contributed by atoms with Gasteiger partial charge in [-0.25, -0.2) is 4.39 Å². The average molecular weight is 290 g/mol. The third-order valence-corrected chi connectivity index (χ3v) is 3.56. The van der Waals surface area contributed by atoms with Crippen LogP contribution in [0, 0.1) is 5.82 Å². The molecule has 2 aromatic carbocycles. The van der Waals surface area contributed by atoms with Gasteiger partial charge in [0.25, 0.3) is 0 Å². The maximum atomic E-state index is 13.0. The minimum Gasteiger partial charge on any atom is -0.309 e. The summed E-state index contributed by atoms with van der Waals surface area (Å²) >= 11 is 6.17. The molecule has 0 spiro atoms. The highest BCUT2D eigenvalue weighted by Crippen LogP contribution is 2.21. The van der Waals surface area contributed by atoms with E-state index >= 15 is 0 Å². The van der Waals surface area contributed by atoms with Gasteiger partial charge in [-0.05, 0) is 35.9 Å². The third kappa shape index (κ3) is 2.60. The van der Waals surface area contributed by atoms with Crippen molar-refractivity contribution in [3.63, 3.8) is 0 Å². The van der Waals surface area contributed by atoms with E-state index in [9.17, 15) is 4.39 Å². The average Bonchev–Trinajstić information content (AvgIpc) is 2.90. The van der Waals surface area contributed by atoms with Crippen molar-refractivity contribution in [3.05, 3.63) is 64.9 Å². The molecule has 0 saturated heterocycles. The molecule has 0 radical (unpaired) electrons. The smallest absolute Gasteiger partial charge is 0.135 e. The van der Waals surface area contributed by atoms with Crippen molar-refractivity contribution in [2.75, 3.05) is 11.6 Å². The Balaban J connectivity index is 1.83. The molecule has 0 unspecified atom stereocenters. The van der Waals surface area contributed by atoms with E-state index in [-0.39, 0.29) is 5.82 Å². The topological polar surface area (TPSA) is 27.6 Å². The van der Waals surface area contributed by atoms with E-state index in [2.05, 4.69) is 10.5 Å². The summed E-state index contributed by atoms with van der Waals surface area (Å²) < 4.78 is 13.0. The zero-order valence-electron chi connectivity index (χ0n) is 10.7. The van der Waals surface area contributed by atoms with Crippen molar-refractivity contribution in [3.8, 4) is 0 Å². The molecule has 3 nitrogen and oxygen atoms in total. The molecule has 5 heteroatoms. The predicted molar refractivity (Wildman–Crippen MR) is 79.5 cm³/mol. The third-order valence-electron chi connectivity index (χ3n) is 3.19. The molecule has 0 aromatic heterocycles. The van der Waals surface area contributed by atoms with Gasteiger partial charge in [0.2, 0.25) is 0 Å². The Morgan fingerprint density at radius 1 is 1.15 bits per heavy atom. The van der Waals surface area contributed by atoms with E-state index in [1.807, 2.05) is 29.2 Å². The molecular weight excluding hydrogens is 277 g/mol. The van der Waals surface area contributed by atoms with Gasteiger partial charge >= 0.3 is 0 Å². The maximum absolute atomic E-state index is 13.0. The zero-order valence-corrected chi connectivity index (χ0v) is 11.4. The lowest BCUT2D eigenvalue weighted by atomic mass is 10.1. The number of hydrogen-bond acceptors (Lipinski definition) is 3. The first-order valence-corrected chi connectivity index (χ1v) is 6.68. The molecule has 2 aromatic rings. The number of hydrazone groups is 1. The van der Waals surface area contributed by atoms with Gasteiger partial charge < -0.3 is 4.90 Å². The van der Waals surface area contributed by atoms with Gasteiger partial charge in [-0.1, -0.05) is 29.8 Å². The number of rotatable bonds is 3. The molecule has 0 amide bonds. The second-order valence-electron chi connectivity index (χ2n) is 4.52. The van der Waals surface area contributed by atoms with Gasteiger partial charge in [0.15, 0.2) is 0 Å². The fourth-order valence-corrected chi connectivity index (χ4v) is 2.36. The molecule has 102 valence electrons.